The second kappa shape index (κ2) is 6.40. The van der Waals surface area contributed by atoms with Crippen LogP contribution in [0.2, 0.25) is 0 Å². The molecule has 3 aromatic rings. The predicted octanol–water partition coefficient (Wildman–Crippen LogP) is 4.55. The molecule has 0 radical (unpaired) electrons. The van der Waals surface area contributed by atoms with Crippen molar-refractivity contribution in [2.75, 3.05) is 12.4 Å². The Morgan fingerprint density at radius 3 is 2.62 bits per heavy atom. The van der Waals surface area contributed by atoms with Crippen molar-refractivity contribution in [2.45, 2.75) is 27.2 Å². The molecule has 4 nitrogen and oxygen atoms in total. The largest absolute Gasteiger partial charge is 0.495 e. The molecule has 0 aliphatic rings. The van der Waals surface area contributed by atoms with Crippen LogP contribution in [-0.4, -0.2) is 13.0 Å². The van der Waals surface area contributed by atoms with E-state index in [4.69, 9.17) is 9.15 Å². The summed E-state index contributed by atoms with van der Waals surface area (Å²) in [7, 11) is 1.59. The molecule has 0 fully saturated rings. The van der Waals surface area contributed by atoms with E-state index < -0.39 is 0 Å². The van der Waals surface area contributed by atoms with E-state index in [9.17, 15) is 4.79 Å². The molecule has 0 aliphatic carbocycles. The highest BCUT2D eigenvalue weighted by atomic mass is 16.5. The van der Waals surface area contributed by atoms with Crippen molar-refractivity contribution >= 4 is 22.6 Å². The van der Waals surface area contributed by atoms with Crippen molar-refractivity contribution in [3.05, 3.63) is 58.8 Å². The number of furan rings is 1. The average molecular weight is 323 g/mol. The fraction of sp³-hybridized carbons (Fsp3) is 0.250. The molecule has 124 valence electrons. The highest BCUT2D eigenvalue weighted by Gasteiger charge is 2.13. The summed E-state index contributed by atoms with van der Waals surface area (Å²) >= 11 is 0. The third-order valence-corrected chi connectivity index (χ3v) is 4.25. The molecule has 2 aromatic carbocycles. The molecule has 4 heteroatoms. The van der Waals surface area contributed by atoms with E-state index in [-0.39, 0.29) is 12.3 Å². The molecule has 0 atom stereocenters. The van der Waals surface area contributed by atoms with Crippen LogP contribution >= 0.6 is 0 Å². The van der Waals surface area contributed by atoms with E-state index in [0.29, 0.717) is 11.4 Å². The fourth-order valence-corrected chi connectivity index (χ4v) is 2.76. The minimum atomic E-state index is -0.0974. The molecule has 0 bridgehead atoms. The molecule has 1 aromatic heterocycles. The number of benzene rings is 2. The van der Waals surface area contributed by atoms with E-state index >= 15 is 0 Å². The van der Waals surface area contributed by atoms with Gasteiger partial charge in [0.2, 0.25) is 5.91 Å². The van der Waals surface area contributed by atoms with Gasteiger partial charge >= 0.3 is 0 Å². The number of aryl methyl sites for hydroxylation is 3. The molecule has 0 aliphatic heterocycles. The molecular weight excluding hydrogens is 302 g/mol. The first-order chi connectivity index (χ1) is 11.5. The summed E-state index contributed by atoms with van der Waals surface area (Å²) in [5.74, 6) is 0.553. The van der Waals surface area contributed by atoms with Crippen molar-refractivity contribution in [1.82, 2.24) is 0 Å². The molecule has 0 unspecified atom stereocenters. The van der Waals surface area contributed by atoms with Gasteiger partial charge in [-0.25, -0.2) is 0 Å². The molecule has 3 rings (SSSR count). The lowest BCUT2D eigenvalue weighted by atomic mass is 10.0. The number of hydrogen-bond donors (Lipinski definition) is 1. The zero-order valence-electron chi connectivity index (χ0n) is 14.4. The van der Waals surface area contributed by atoms with Gasteiger partial charge in [-0.15, -0.1) is 0 Å². The number of rotatable bonds is 4. The maximum absolute atomic E-state index is 12.4. The minimum Gasteiger partial charge on any atom is -0.495 e. The normalized spacial score (nSPS) is 10.8. The van der Waals surface area contributed by atoms with E-state index in [1.807, 2.05) is 38.1 Å². The Kier molecular flexibility index (Phi) is 4.30. The molecule has 1 N–H and O–H groups in total. The summed E-state index contributed by atoms with van der Waals surface area (Å²) in [4.78, 5) is 12.4. The maximum atomic E-state index is 12.4. The number of fused-ring (bicyclic) bond motifs is 1. The van der Waals surface area contributed by atoms with Crippen molar-refractivity contribution in [2.24, 2.45) is 0 Å². The van der Waals surface area contributed by atoms with Gasteiger partial charge in [0.15, 0.2) is 0 Å². The van der Waals surface area contributed by atoms with Crippen LogP contribution in [0, 0.1) is 20.8 Å². The number of anilines is 1. The van der Waals surface area contributed by atoms with E-state index in [1.165, 1.54) is 11.1 Å². The lowest BCUT2D eigenvalue weighted by molar-refractivity contribution is -0.115. The lowest BCUT2D eigenvalue weighted by Gasteiger charge is -2.10. The lowest BCUT2D eigenvalue weighted by Crippen LogP contribution is -2.15. The van der Waals surface area contributed by atoms with Gasteiger partial charge in [-0.2, -0.15) is 0 Å². The van der Waals surface area contributed by atoms with Crippen molar-refractivity contribution in [1.29, 1.82) is 0 Å². The monoisotopic (exact) mass is 323 g/mol. The van der Waals surface area contributed by atoms with Crippen LogP contribution in [-0.2, 0) is 11.2 Å². The highest BCUT2D eigenvalue weighted by molar-refractivity contribution is 5.96. The van der Waals surface area contributed by atoms with Crippen molar-refractivity contribution in [3.8, 4) is 5.75 Å². The molecular formula is C20H21NO3. The number of carbonyl (C=O) groups is 1. The fourth-order valence-electron chi connectivity index (χ4n) is 2.76. The van der Waals surface area contributed by atoms with Gasteiger partial charge in [0.25, 0.3) is 0 Å². The Hall–Kier alpha value is -2.75. The Morgan fingerprint density at radius 2 is 1.88 bits per heavy atom. The predicted molar refractivity (Wildman–Crippen MR) is 95.8 cm³/mol. The zero-order valence-corrected chi connectivity index (χ0v) is 14.4. The van der Waals surface area contributed by atoms with Gasteiger partial charge in [0.1, 0.15) is 11.3 Å². The van der Waals surface area contributed by atoms with Crippen LogP contribution in [0.15, 0.2) is 41.0 Å². The van der Waals surface area contributed by atoms with Gasteiger partial charge in [-0.1, -0.05) is 6.07 Å². The van der Waals surface area contributed by atoms with Gasteiger partial charge in [0, 0.05) is 10.9 Å². The summed E-state index contributed by atoms with van der Waals surface area (Å²) in [6.07, 6.45) is 1.92. The Balaban J connectivity index is 1.83. The smallest absolute Gasteiger partial charge is 0.229 e. The first kappa shape index (κ1) is 16.1. The Labute approximate surface area is 141 Å². The van der Waals surface area contributed by atoms with Gasteiger partial charge in [0.05, 0.1) is 25.5 Å². The maximum Gasteiger partial charge on any atom is 0.229 e. The highest BCUT2D eigenvalue weighted by Crippen LogP contribution is 2.27. The third-order valence-electron chi connectivity index (χ3n) is 4.25. The summed E-state index contributed by atoms with van der Waals surface area (Å²) in [5.41, 5.74) is 5.81. The third kappa shape index (κ3) is 3.13. The van der Waals surface area contributed by atoms with Gasteiger partial charge in [-0.3, -0.25) is 4.79 Å². The number of methoxy groups -OCH3 is 1. The van der Waals surface area contributed by atoms with Crippen molar-refractivity contribution in [3.63, 3.8) is 0 Å². The Morgan fingerprint density at radius 1 is 1.12 bits per heavy atom. The SMILES string of the molecule is COc1ccc(C)cc1NC(=O)Cc1coc2cc(C)c(C)cc12. The minimum absolute atomic E-state index is 0.0974. The number of nitrogens with one attached hydrogen (secondary N) is 1. The van der Waals surface area contributed by atoms with Crippen LogP contribution in [0.5, 0.6) is 5.75 Å². The van der Waals surface area contributed by atoms with Crippen LogP contribution in [0.25, 0.3) is 11.0 Å². The average Bonchev–Trinajstić information content (AvgIpc) is 2.90. The zero-order chi connectivity index (χ0) is 17.3. The van der Waals surface area contributed by atoms with E-state index in [0.717, 1.165) is 22.1 Å². The standard InChI is InChI=1S/C20H21NO3/c1-12-5-6-18(23-4)17(7-12)21-20(22)10-15-11-24-19-9-14(3)13(2)8-16(15)19/h5-9,11H,10H2,1-4H3,(H,21,22). The molecule has 0 saturated heterocycles. The molecule has 0 saturated carbocycles. The molecule has 24 heavy (non-hydrogen) atoms. The summed E-state index contributed by atoms with van der Waals surface area (Å²) in [6.45, 7) is 6.08. The summed E-state index contributed by atoms with van der Waals surface area (Å²) < 4.78 is 10.9. The topological polar surface area (TPSA) is 51.5 Å². The van der Waals surface area contributed by atoms with Gasteiger partial charge in [-0.05, 0) is 61.7 Å². The first-order valence-electron chi connectivity index (χ1n) is 7.89. The number of carbonyl (C=O) groups excluding carboxylic acids is 1. The number of amides is 1. The van der Waals surface area contributed by atoms with Crippen LogP contribution in [0.1, 0.15) is 22.3 Å². The summed E-state index contributed by atoms with van der Waals surface area (Å²) in [5, 5.41) is 3.92. The van der Waals surface area contributed by atoms with Crippen LogP contribution in [0.4, 0.5) is 5.69 Å². The van der Waals surface area contributed by atoms with E-state index in [1.54, 1.807) is 13.4 Å². The molecule has 0 spiro atoms. The van der Waals surface area contributed by atoms with Crippen molar-refractivity contribution < 1.29 is 13.9 Å². The number of hydrogen-bond acceptors (Lipinski definition) is 3. The van der Waals surface area contributed by atoms with Crippen LogP contribution in [0.3, 0.4) is 0 Å². The second-order valence-corrected chi connectivity index (χ2v) is 6.12. The van der Waals surface area contributed by atoms with Gasteiger partial charge < -0.3 is 14.5 Å². The summed E-state index contributed by atoms with van der Waals surface area (Å²) in [6, 6.07) is 9.78. The second-order valence-electron chi connectivity index (χ2n) is 6.12. The van der Waals surface area contributed by atoms with Crippen LogP contribution < -0.4 is 10.1 Å². The quantitative estimate of drug-likeness (QED) is 0.766. The molecule has 1 heterocycles. The molecule has 1 amide bonds. The Bertz CT molecular complexity index is 909. The first-order valence-corrected chi connectivity index (χ1v) is 7.89. The number of ether oxygens (including phenoxy) is 1. The van der Waals surface area contributed by atoms with E-state index in [2.05, 4.69) is 18.3 Å².